The van der Waals surface area contributed by atoms with Crippen LogP contribution in [0.1, 0.15) is 89.1 Å². The number of hydrogen-bond donors (Lipinski definition) is 0. The number of methoxy groups -OCH3 is 1. The smallest absolute Gasteiger partial charge is 0.118 e. The maximum Gasteiger partial charge on any atom is 0.118 e. The Morgan fingerprint density at radius 3 is 2.32 bits per heavy atom. The van der Waals surface area contributed by atoms with Crippen LogP contribution in [0, 0.1) is 5.41 Å². The average Bonchev–Trinajstić information content (AvgIpc) is 2.87. The molecule has 1 atom stereocenters. The van der Waals surface area contributed by atoms with Crippen LogP contribution in [0.5, 0.6) is 5.75 Å². The van der Waals surface area contributed by atoms with Crippen molar-refractivity contribution in [2.45, 2.75) is 90.4 Å². The van der Waals surface area contributed by atoms with Crippen molar-refractivity contribution >= 4 is 0 Å². The van der Waals surface area contributed by atoms with Crippen LogP contribution >= 0.6 is 0 Å². The summed E-state index contributed by atoms with van der Waals surface area (Å²) in [5.41, 5.74) is 4.94. The van der Waals surface area contributed by atoms with Crippen LogP contribution in [0.4, 0.5) is 0 Å². The van der Waals surface area contributed by atoms with E-state index >= 15 is 0 Å². The highest BCUT2D eigenvalue weighted by Gasteiger charge is 2.50. The predicted octanol–water partition coefficient (Wildman–Crippen LogP) is 6.12. The summed E-state index contributed by atoms with van der Waals surface area (Å²) in [6.45, 7) is 18.5. The summed E-state index contributed by atoms with van der Waals surface area (Å²) in [4.78, 5) is 13.2. The first kappa shape index (κ1) is 26.6. The first-order valence-corrected chi connectivity index (χ1v) is 14.5. The van der Waals surface area contributed by atoms with Crippen LogP contribution in [0.2, 0.25) is 0 Å². The lowest BCUT2D eigenvalue weighted by molar-refractivity contribution is -0.0865. The number of piperazine rings is 1. The Kier molecular flexibility index (Phi) is 7.68. The van der Waals surface area contributed by atoms with Gasteiger partial charge in [0.05, 0.1) is 18.8 Å². The Morgan fingerprint density at radius 2 is 1.70 bits per heavy atom. The molecule has 2 saturated heterocycles. The van der Waals surface area contributed by atoms with Crippen molar-refractivity contribution in [3.63, 3.8) is 0 Å². The molecule has 3 fully saturated rings. The standard InChI is InChI=1S/C32H48N4O/c1-24(2)28-8-7-15-33-30(28)29-23-34(22-25-9-11-27(37-6)12-10-25)18-19-36(29)26-20-32(21-26)13-16-35(17-14-32)31(3,4)5/h7-12,15,24,26,29H,13-14,16-23H2,1-6H3. The maximum atomic E-state index is 5.37. The zero-order valence-corrected chi connectivity index (χ0v) is 24.0. The minimum atomic E-state index is 0.294. The van der Waals surface area contributed by atoms with E-state index in [1.807, 2.05) is 6.20 Å². The summed E-state index contributed by atoms with van der Waals surface area (Å²) in [6.07, 6.45) is 7.47. The van der Waals surface area contributed by atoms with Gasteiger partial charge in [-0.15, -0.1) is 0 Å². The molecule has 2 aromatic rings. The molecule has 2 aliphatic heterocycles. The van der Waals surface area contributed by atoms with Gasteiger partial charge in [-0.25, -0.2) is 0 Å². The van der Waals surface area contributed by atoms with Crippen molar-refractivity contribution in [3.8, 4) is 5.75 Å². The number of hydrogen-bond acceptors (Lipinski definition) is 5. The fraction of sp³-hybridized carbons (Fsp3) is 0.656. The number of likely N-dealkylation sites (tertiary alicyclic amines) is 1. The summed E-state index contributed by atoms with van der Waals surface area (Å²) in [7, 11) is 1.73. The molecule has 3 aliphatic rings. The molecule has 5 heteroatoms. The SMILES string of the molecule is COc1ccc(CN2CCN(C3CC4(CCN(C(C)(C)C)CC4)C3)C(c3ncccc3C(C)C)C2)cc1. The summed E-state index contributed by atoms with van der Waals surface area (Å²) in [6, 6.07) is 14.1. The largest absolute Gasteiger partial charge is 0.497 e. The van der Waals surface area contributed by atoms with E-state index in [2.05, 4.69) is 85.7 Å². The Bertz CT molecular complexity index is 1030. The molecule has 37 heavy (non-hydrogen) atoms. The quantitative estimate of drug-likeness (QED) is 0.473. The van der Waals surface area contributed by atoms with Gasteiger partial charge in [-0.05, 0) is 100 Å². The zero-order valence-electron chi connectivity index (χ0n) is 24.0. The van der Waals surface area contributed by atoms with Crippen LogP contribution in [0.3, 0.4) is 0 Å². The number of pyridine rings is 1. The topological polar surface area (TPSA) is 31.8 Å². The Balaban J connectivity index is 1.31. The Labute approximate surface area is 225 Å². The second-order valence-corrected chi connectivity index (χ2v) is 13.2. The Morgan fingerprint density at radius 1 is 1.00 bits per heavy atom. The number of aromatic nitrogens is 1. The number of ether oxygens (including phenoxy) is 1. The van der Waals surface area contributed by atoms with Gasteiger partial charge in [0.25, 0.3) is 0 Å². The molecule has 202 valence electrons. The van der Waals surface area contributed by atoms with E-state index in [1.165, 1.54) is 55.6 Å². The normalized spacial score (nSPS) is 23.9. The van der Waals surface area contributed by atoms with E-state index in [9.17, 15) is 0 Å². The molecule has 1 aromatic heterocycles. The van der Waals surface area contributed by atoms with Gasteiger partial charge in [-0.3, -0.25) is 19.7 Å². The first-order chi connectivity index (χ1) is 17.7. The van der Waals surface area contributed by atoms with Crippen molar-refractivity contribution in [3.05, 3.63) is 59.4 Å². The van der Waals surface area contributed by atoms with Gasteiger partial charge in [-0.2, -0.15) is 0 Å². The minimum Gasteiger partial charge on any atom is -0.497 e. The van der Waals surface area contributed by atoms with Crippen molar-refractivity contribution in [2.24, 2.45) is 5.41 Å². The summed E-state index contributed by atoms with van der Waals surface area (Å²) in [5.74, 6) is 1.41. The van der Waals surface area contributed by atoms with E-state index in [0.29, 0.717) is 29.0 Å². The van der Waals surface area contributed by atoms with Crippen molar-refractivity contribution in [1.82, 2.24) is 19.7 Å². The number of benzene rings is 1. The molecule has 0 amide bonds. The van der Waals surface area contributed by atoms with Gasteiger partial charge < -0.3 is 4.74 Å². The van der Waals surface area contributed by atoms with E-state index in [4.69, 9.17) is 9.72 Å². The van der Waals surface area contributed by atoms with Crippen LogP contribution in [-0.4, -0.2) is 71.1 Å². The van der Waals surface area contributed by atoms with Crippen LogP contribution in [-0.2, 0) is 6.54 Å². The number of nitrogens with zero attached hydrogens (tertiary/aromatic N) is 4. The van der Waals surface area contributed by atoms with Crippen molar-refractivity contribution in [2.75, 3.05) is 39.8 Å². The lowest BCUT2D eigenvalue weighted by atomic mass is 9.59. The van der Waals surface area contributed by atoms with E-state index in [0.717, 1.165) is 31.9 Å². The zero-order chi connectivity index (χ0) is 26.2. The van der Waals surface area contributed by atoms with Crippen LogP contribution in [0.25, 0.3) is 0 Å². The van der Waals surface area contributed by atoms with Gasteiger partial charge in [-0.1, -0.05) is 32.0 Å². The number of piperidine rings is 1. The predicted molar refractivity (Wildman–Crippen MR) is 152 cm³/mol. The molecule has 1 aromatic carbocycles. The van der Waals surface area contributed by atoms with Crippen molar-refractivity contribution in [1.29, 1.82) is 0 Å². The molecule has 1 saturated carbocycles. The highest BCUT2D eigenvalue weighted by atomic mass is 16.5. The van der Waals surface area contributed by atoms with E-state index < -0.39 is 0 Å². The van der Waals surface area contributed by atoms with Gasteiger partial charge >= 0.3 is 0 Å². The fourth-order valence-electron chi connectivity index (χ4n) is 7.10. The molecule has 0 bridgehead atoms. The summed E-state index contributed by atoms with van der Waals surface area (Å²) < 4.78 is 5.37. The second-order valence-electron chi connectivity index (χ2n) is 13.2. The van der Waals surface area contributed by atoms with E-state index in [-0.39, 0.29) is 0 Å². The van der Waals surface area contributed by atoms with Gasteiger partial charge in [0.1, 0.15) is 5.75 Å². The molecule has 0 radical (unpaired) electrons. The number of rotatable bonds is 6. The van der Waals surface area contributed by atoms with Gasteiger partial charge in [0.2, 0.25) is 0 Å². The third-order valence-corrected chi connectivity index (χ3v) is 9.46. The third-order valence-electron chi connectivity index (χ3n) is 9.46. The lowest BCUT2D eigenvalue weighted by Gasteiger charge is -2.59. The summed E-state index contributed by atoms with van der Waals surface area (Å²) in [5, 5.41) is 0. The maximum absolute atomic E-state index is 5.37. The molecule has 0 N–H and O–H groups in total. The lowest BCUT2D eigenvalue weighted by Crippen LogP contribution is -2.60. The van der Waals surface area contributed by atoms with Gasteiger partial charge in [0.15, 0.2) is 0 Å². The fourth-order valence-corrected chi connectivity index (χ4v) is 7.10. The van der Waals surface area contributed by atoms with Crippen LogP contribution < -0.4 is 4.74 Å². The van der Waals surface area contributed by atoms with Gasteiger partial charge in [0, 0.05) is 44.0 Å². The molecule has 5 nitrogen and oxygen atoms in total. The highest BCUT2D eigenvalue weighted by Crippen LogP contribution is 2.53. The van der Waals surface area contributed by atoms with Crippen LogP contribution in [0.15, 0.2) is 42.6 Å². The highest BCUT2D eigenvalue weighted by molar-refractivity contribution is 5.29. The average molecular weight is 505 g/mol. The van der Waals surface area contributed by atoms with Crippen molar-refractivity contribution < 1.29 is 4.74 Å². The second kappa shape index (κ2) is 10.7. The molecular weight excluding hydrogens is 456 g/mol. The molecular formula is C32H48N4O. The monoisotopic (exact) mass is 504 g/mol. The molecule has 1 spiro atoms. The summed E-state index contributed by atoms with van der Waals surface area (Å²) >= 11 is 0. The molecule has 5 rings (SSSR count). The minimum absolute atomic E-state index is 0.294. The Hall–Kier alpha value is -1.95. The first-order valence-electron chi connectivity index (χ1n) is 14.5. The third kappa shape index (κ3) is 5.74. The molecule has 1 unspecified atom stereocenters. The van der Waals surface area contributed by atoms with E-state index in [1.54, 1.807) is 7.11 Å². The molecule has 3 heterocycles. The molecule has 1 aliphatic carbocycles.